The van der Waals surface area contributed by atoms with Gasteiger partial charge in [0.2, 0.25) is 0 Å². The van der Waals surface area contributed by atoms with Gasteiger partial charge in [-0.05, 0) is 89.1 Å². The maximum Gasteiger partial charge on any atom is 0.266 e. The summed E-state index contributed by atoms with van der Waals surface area (Å²) >= 11 is 4.97. The number of hydrogen-bond acceptors (Lipinski definition) is 6. The smallest absolute Gasteiger partial charge is 0.266 e. The summed E-state index contributed by atoms with van der Waals surface area (Å²) in [5.41, 5.74) is 2.92. The molecule has 0 unspecified atom stereocenters. The molecule has 2 aromatic rings. The van der Waals surface area contributed by atoms with Crippen molar-refractivity contribution >= 4 is 56.2 Å². The SMILES string of the molecule is CC[C@H](C)Oc1ccc(/C=C2\SC(=Nc3ccc(N4CCOCC4)cc3)N(C)C2=O)cc1Br. The number of anilines is 1. The molecule has 1 amide bonds. The van der Waals surface area contributed by atoms with Crippen molar-refractivity contribution < 1.29 is 14.3 Å². The van der Waals surface area contributed by atoms with Gasteiger partial charge in [-0.1, -0.05) is 13.0 Å². The number of amidine groups is 1. The van der Waals surface area contributed by atoms with Crippen LogP contribution in [0.25, 0.3) is 6.08 Å². The fraction of sp³-hybridized carbons (Fsp3) is 0.360. The fourth-order valence-electron chi connectivity index (χ4n) is 3.48. The Kier molecular flexibility index (Phi) is 7.78. The molecule has 33 heavy (non-hydrogen) atoms. The molecular formula is C25H28BrN3O3S. The summed E-state index contributed by atoms with van der Waals surface area (Å²) in [4.78, 5) is 22.1. The van der Waals surface area contributed by atoms with E-state index in [1.165, 1.54) is 11.8 Å². The van der Waals surface area contributed by atoms with Crippen LogP contribution in [0.15, 0.2) is 56.8 Å². The Morgan fingerprint density at radius 1 is 1.21 bits per heavy atom. The zero-order chi connectivity index (χ0) is 23.4. The molecule has 2 heterocycles. The number of halogens is 1. The molecule has 1 atom stereocenters. The van der Waals surface area contributed by atoms with Crippen LogP contribution in [0.4, 0.5) is 11.4 Å². The Balaban J connectivity index is 1.48. The van der Waals surface area contributed by atoms with E-state index in [4.69, 9.17) is 14.5 Å². The molecule has 174 valence electrons. The number of nitrogens with zero attached hydrogens (tertiary/aromatic N) is 3. The number of hydrogen-bond donors (Lipinski definition) is 0. The van der Waals surface area contributed by atoms with Gasteiger partial charge in [0.05, 0.1) is 34.4 Å². The highest BCUT2D eigenvalue weighted by atomic mass is 79.9. The third kappa shape index (κ3) is 5.80. The third-order valence-electron chi connectivity index (χ3n) is 5.61. The summed E-state index contributed by atoms with van der Waals surface area (Å²) in [6.45, 7) is 7.45. The van der Waals surface area contributed by atoms with Crippen LogP contribution in [-0.4, -0.2) is 55.4 Å². The van der Waals surface area contributed by atoms with E-state index in [9.17, 15) is 4.79 Å². The van der Waals surface area contributed by atoms with Gasteiger partial charge in [0.25, 0.3) is 5.91 Å². The minimum absolute atomic E-state index is 0.0558. The van der Waals surface area contributed by atoms with Gasteiger partial charge in [-0.2, -0.15) is 0 Å². The van der Waals surface area contributed by atoms with Gasteiger partial charge in [0.1, 0.15) is 5.75 Å². The van der Waals surface area contributed by atoms with Gasteiger partial charge in [-0.3, -0.25) is 9.69 Å². The van der Waals surface area contributed by atoms with Crippen molar-refractivity contribution in [3.8, 4) is 5.75 Å². The third-order valence-corrected chi connectivity index (χ3v) is 7.29. The first kappa shape index (κ1) is 23.9. The molecule has 0 aliphatic carbocycles. The van der Waals surface area contributed by atoms with Gasteiger partial charge in [-0.15, -0.1) is 0 Å². The maximum atomic E-state index is 12.8. The van der Waals surface area contributed by atoms with Crippen molar-refractivity contribution in [3.63, 3.8) is 0 Å². The lowest BCUT2D eigenvalue weighted by Crippen LogP contribution is -2.36. The summed E-state index contributed by atoms with van der Waals surface area (Å²) in [5.74, 6) is 0.747. The van der Waals surface area contributed by atoms with E-state index >= 15 is 0 Å². The molecule has 2 aliphatic rings. The highest BCUT2D eigenvalue weighted by molar-refractivity contribution is 9.10. The van der Waals surface area contributed by atoms with Gasteiger partial charge in [-0.25, -0.2) is 4.99 Å². The molecule has 0 spiro atoms. The lowest BCUT2D eigenvalue weighted by Gasteiger charge is -2.28. The Morgan fingerprint density at radius 3 is 2.61 bits per heavy atom. The van der Waals surface area contributed by atoms with Crippen LogP contribution in [-0.2, 0) is 9.53 Å². The van der Waals surface area contributed by atoms with E-state index in [0.29, 0.717) is 10.1 Å². The first-order valence-electron chi connectivity index (χ1n) is 11.1. The predicted octanol–water partition coefficient (Wildman–Crippen LogP) is 5.70. The fourth-order valence-corrected chi connectivity index (χ4v) is 4.95. The Morgan fingerprint density at radius 2 is 1.94 bits per heavy atom. The van der Waals surface area contributed by atoms with Crippen LogP contribution in [0.5, 0.6) is 5.75 Å². The van der Waals surface area contributed by atoms with Crippen molar-refractivity contribution in [2.45, 2.75) is 26.4 Å². The molecule has 2 aromatic carbocycles. The largest absolute Gasteiger partial charge is 0.490 e. The standard InChI is InChI=1S/C25H28BrN3O3S/c1-4-17(2)32-22-10-5-18(15-21(22)26)16-23-24(30)28(3)25(33-23)27-19-6-8-20(9-7-19)29-11-13-31-14-12-29/h5-10,15-17H,4,11-14H2,1-3H3/b23-16-,27-25?/t17-/m0/s1. The van der Waals surface area contributed by atoms with Crippen LogP contribution in [0.1, 0.15) is 25.8 Å². The van der Waals surface area contributed by atoms with Crippen LogP contribution in [0, 0.1) is 0 Å². The summed E-state index contributed by atoms with van der Waals surface area (Å²) in [5, 5.41) is 0.668. The van der Waals surface area contributed by atoms with E-state index in [1.54, 1.807) is 11.9 Å². The molecule has 0 aromatic heterocycles. The minimum Gasteiger partial charge on any atom is -0.490 e. The topological polar surface area (TPSA) is 54.4 Å². The Hall–Kier alpha value is -2.29. The van der Waals surface area contributed by atoms with Crippen molar-refractivity contribution in [3.05, 3.63) is 57.4 Å². The molecule has 2 fully saturated rings. The second kappa shape index (κ2) is 10.8. The quantitative estimate of drug-likeness (QED) is 0.449. The highest BCUT2D eigenvalue weighted by Gasteiger charge is 2.30. The second-order valence-electron chi connectivity index (χ2n) is 8.01. The van der Waals surface area contributed by atoms with Crippen LogP contribution in [0.3, 0.4) is 0 Å². The number of rotatable bonds is 6. The monoisotopic (exact) mass is 529 g/mol. The van der Waals surface area contributed by atoms with Crippen molar-refractivity contribution in [1.82, 2.24) is 4.90 Å². The Labute approximate surface area is 207 Å². The molecule has 0 bridgehead atoms. The number of aliphatic imine (C=N–C) groups is 1. The van der Waals surface area contributed by atoms with Gasteiger partial charge in [0.15, 0.2) is 5.17 Å². The average molecular weight is 530 g/mol. The summed E-state index contributed by atoms with van der Waals surface area (Å²) in [6.07, 6.45) is 2.98. The van der Waals surface area contributed by atoms with Gasteiger partial charge < -0.3 is 14.4 Å². The number of carbonyl (C=O) groups excluding carboxylic acids is 1. The number of likely N-dealkylation sites (N-methyl/N-ethyl adjacent to an activating group) is 1. The zero-order valence-electron chi connectivity index (χ0n) is 19.1. The first-order valence-corrected chi connectivity index (χ1v) is 12.7. The van der Waals surface area contributed by atoms with Crippen molar-refractivity contribution in [1.29, 1.82) is 0 Å². The molecular weight excluding hydrogens is 502 g/mol. The van der Waals surface area contributed by atoms with Crippen LogP contribution >= 0.6 is 27.7 Å². The highest BCUT2D eigenvalue weighted by Crippen LogP contribution is 2.35. The minimum atomic E-state index is -0.0558. The number of morpholine rings is 1. The molecule has 2 aliphatic heterocycles. The predicted molar refractivity (Wildman–Crippen MR) is 139 cm³/mol. The normalized spacial score (nSPS) is 20.1. The zero-order valence-corrected chi connectivity index (χ0v) is 21.5. The first-order chi connectivity index (χ1) is 15.9. The van der Waals surface area contributed by atoms with E-state index < -0.39 is 0 Å². The van der Waals surface area contributed by atoms with E-state index in [2.05, 4.69) is 39.9 Å². The maximum absolute atomic E-state index is 12.8. The van der Waals surface area contributed by atoms with Gasteiger partial charge in [0, 0.05) is 25.8 Å². The van der Waals surface area contributed by atoms with E-state index in [-0.39, 0.29) is 12.0 Å². The van der Waals surface area contributed by atoms with Crippen LogP contribution in [0.2, 0.25) is 0 Å². The summed E-state index contributed by atoms with van der Waals surface area (Å²) < 4.78 is 12.2. The van der Waals surface area contributed by atoms with Crippen LogP contribution < -0.4 is 9.64 Å². The lowest BCUT2D eigenvalue weighted by atomic mass is 10.2. The molecule has 4 rings (SSSR count). The number of amides is 1. The summed E-state index contributed by atoms with van der Waals surface area (Å²) in [6, 6.07) is 14.0. The van der Waals surface area contributed by atoms with Crippen molar-refractivity contribution in [2.75, 3.05) is 38.3 Å². The molecule has 0 N–H and O–H groups in total. The molecule has 0 saturated carbocycles. The molecule has 2 saturated heterocycles. The Bertz CT molecular complexity index is 1070. The second-order valence-corrected chi connectivity index (χ2v) is 9.88. The number of benzene rings is 2. The summed E-state index contributed by atoms with van der Waals surface area (Å²) in [7, 11) is 1.76. The molecule has 0 radical (unpaired) electrons. The molecule has 8 heteroatoms. The van der Waals surface area contributed by atoms with E-state index in [0.717, 1.165) is 59.9 Å². The lowest BCUT2D eigenvalue weighted by molar-refractivity contribution is -0.121. The number of ether oxygens (including phenoxy) is 2. The van der Waals surface area contributed by atoms with Crippen molar-refractivity contribution in [2.24, 2.45) is 4.99 Å². The number of thioether (sulfide) groups is 1. The average Bonchev–Trinajstić information content (AvgIpc) is 3.09. The van der Waals surface area contributed by atoms with Gasteiger partial charge >= 0.3 is 0 Å². The molecule has 6 nitrogen and oxygen atoms in total. The van der Waals surface area contributed by atoms with E-state index in [1.807, 2.05) is 43.3 Å². The number of carbonyl (C=O) groups is 1.